The molecule has 0 saturated carbocycles. The van der Waals surface area contributed by atoms with Crippen molar-refractivity contribution < 1.29 is 14.3 Å². The molecule has 1 amide bonds. The lowest BCUT2D eigenvalue weighted by Crippen LogP contribution is -2.39. The van der Waals surface area contributed by atoms with Gasteiger partial charge in [0.1, 0.15) is 6.17 Å². The van der Waals surface area contributed by atoms with Crippen LogP contribution in [0.4, 0.5) is 0 Å². The molecule has 1 heterocycles. The molecule has 2 atom stereocenters. The van der Waals surface area contributed by atoms with Gasteiger partial charge in [0.2, 0.25) is 0 Å². The van der Waals surface area contributed by atoms with Gasteiger partial charge >= 0.3 is 0 Å². The Kier molecular flexibility index (Phi) is 6.23. The standard InChI is InChI=1S/C26H28N2O3/c1-18(20-9-5-4-6-10-20)28-25(21-11-7-8-12-22(21)26(28)29)27-16-15-19-13-14-23(30-2)24(17-19)31-3/h4-14,17-18,25,27H,15-16H2,1-3H3/t18-,25+/m0/s1. The van der Waals surface area contributed by atoms with Crippen molar-refractivity contribution in [3.63, 3.8) is 0 Å². The largest absolute Gasteiger partial charge is 0.493 e. The maximum Gasteiger partial charge on any atom is 0.256 e. The molecule has 0 bridgehead atoms. The second-order valence-electron chi connectivity index (χ2n) is 7.68. The predicted molar refractivity (Wildman–Crippen MR) is 121 cm³/mol. The Morgan fingerprint density at radius 3 is 2.39 bits per heavy atom. The topological polar surface area (TPSA) is 50.8 Å². The molecule has 3 aromatic carbocycles. The summed E-state index contributed by atoms with van der Waals surface area (Å²) in [5.41, 5.74) is 4.07. The lowest BCUT2D eigenvalue weighted by molar-refractivity contribution is 0.0603. The Morgan fingerprint density at radius 2 is 1.65 bits per heavy atom. The van der Waals surface area contributed by atoms with E-state index in [1.807, 2.05) is 65.6 Å². The maximum atomic E-state index is 13.3. The highest BCUT2D eigenvalue weighted by Crippen LogP contribution is 2.38. The number of nitrogens with one attached hydrogen (secondary N) is 1. The normalized spacial score (nSPS) is 16.2. The zero-order valence-corrected chi connectivity index (χ0v) is 18.2. The van der Waals surface area contributed by atoms with Crippen molar-refractivity contribution in [2.45, 2.75) is 25.6 Å². The maximum absolute atomic E-state index is 13.3. The lowest BCUT2D eigenvalue weighted by Gasteiger charge is -2.32. The van der Waals surface area contributed by atoms with Gasteiger partial charge in [0.05, 0.1) is 20.3 Å². The Labute approximate surface area is 183 Å². The van der Waals surface area contributed by atoms with Crippen LogP contribution < -0.4 is 14.8 Å². The third-order valence-corrected chi connectivity index (χ3v) is 5.90. The fourth-order valence-electron chi connectivity index (χ4n) is 4.23. The van der Waals surface area contributed by atoms with Crippen molar-refractivity contribution in [2.75, 3.05) is 20.8 Å². The molecule has 0 spiro atoms. The number of carbonyl (C=O) groups is 1. The van der Waals surface area contributed by atoms with Crippen LogP contribution in [0.15, 0.2) is 72.8 Å². The Hall–Kier alpha value is -3.31. The number of rotatable bonds is 8. The highest BCUT2D eigenvalue weighted by atomic mass is 16.5. The Morgan fingerprint density at radius 1 is 0.935 bits per heavy atom. The fourth-order valence-corrected chi connectivity index (χ4v) is 4.23. The summed E-state index contributed by atoms with van der Waals surface area (Å²) in [6, 6.07) is 24.0. The number of benzene rings is 3. The summed E-state index contributed by atoms with van der Waals surface area (Å²) in [6.45, 7) is 2.81. The van der Waals surface area contributed by atoms with Gasteiger partial charge in [-0.2, -0.15) is 0 Å². The van der Waals surface area contributed by atoms with Crippen LogP contribution in [0.25, 0.3) is 0 Å². The smallest absolute Gasteiger partial charge is 0.256 e. The van der Waals surface area contributed by atoms with Crippen LogP contribution >= 0.6 is 0 Å². The summed E-state index contributed by atoms with van der Waals surface area (Å²) in [5, 5.41) is 3.62. The number of hydrogen-bond donors (Lipinski definition) is 1. The number of amides is 1. The monoisotopic (exact) mass is 416 g/mol. The van der Waals surface area contributed by atoms with Gasteiger partial charge < -0.3 is 14.4 Å². The first-order chi connectivity index (χ1) is 15.1. The zero-order valence-electron chi connectivity index (χ0n) is 18.2. The van der Waals surface area contributed by atoms with Crippen molar-refractivity contribution >= 4 is 5.91 Å². The van der Waals surface area contributed by atoms with Crippen molar-refractivity contribution in [1.29, 1.82) is 0 Å². The molecule has 0 aliphatic carbocycles. The summed E-state index contributed by atoms with van der Waals surface area (Å²) < 4.78 is 10.7. The third-order valence-electron chi connectivity index (χ3n) is 5.90. The van der Waals surface area contributed by atoms with Crippen LogP contribution in [-0.2, 0) is 6.42 Å². The van der Waals surface area contributed by atoms with E-state index in [1.165, 1.54) is 0 Å². The molecule has 31 heavy (non-hydrogen) atoms. The van der Waals surface area contributed by atoms with Crippen molar-refractivity contribution in [3.8, 4) is 11.5 Å². The van der Waals surface area contributed by atoms with E-state index in [0.717, 1.165) is 46.7 Å². The van der Waals surface area contributed by atoms with Crippen molar-refractivity contribution in [3.05, 3.63) is 95.1 Å². The van der Waals surface area contributed by atoms with E-state index in [2.05, 4.69) is 24.4 Å². The first-order valence-corrected chi connectivity index (χ1v) is 10.5. The molecule has 5 heteroatoms. The summed E-state index contributed by atoms with van der Waals surface area (Å²) in [4.78, 5) is 15.2. The van der Waals surface area contributed by atoms with Gasteiger partial charge in [0, 0.05) is 17.7 Å². The van der Waals surface area contributed by atoms with E-state index in [1.54, 1.807) is 14.2 Å². The number of fused-ring (bicyclic) bond motifs is 1. The highest BCUT2D eigenvalue weighted by Gasteiger charge is 2.39. The molecule has 0 fully saturated rings. The van der Waals surface area contributed by atoms with Gasteiger partial charge in [-0.1, -0.05) is 54.6 Å². The number of methoxy groups -OCH3 is 2. The van der Waals surface area contributed by atoms with Crippen LogP contribution in [0.1, 0.15) is 46.2 Å². The van der Waals surface area contributed by atoms with E-state index in [0.29, 0.717) is 0 Å². The molecule has 1 aliphatic heterocycles. The molecule has 3 aromatic rings. The van der Waals surface area contributed by atoms with Crippen LogP contribution in [0.2, 0.25) is 0 Å². The minimum Gasteiger partial charge on any atom is -0.493 e. The van der Waals surface area contributed by atoms with Crippen LogP contribution in [-0.4, -0.2) is 31.6 Å². The minimum atomic E-state index is -0.168. The highest BCUT2D eigenvalue weighted by molar-refractivity contribution is 5.99. The van der Waals surface area contributed by atoms with Crippen LogP contribution in [0, 0.1) is 0 Å². The average molecular weight is 417 g/mol. The summed E-state index contributed by atoms with van der Waals surface area (Å²) in [6.07, 6.45) is 0.639. The van der Waals surface area contributed by atoms with E-state index >= 15 is 0 Å². The van der Waals surface area contributed by atoms with E-state index in [4.69, 9.17) is 9.47 Å². The van der Waals surface area contributed by atoms with Gasteiger partial charge in [-0.3, -0.25) is 10.1 Å². The number of hydrogen-bond acceptors (Lipinski definition) is 4. The SMILES string of the molecule is COc1ccc(CCN[C@H]2c3ccccc3C(=O)N2[C@@H](C)c2ccccc2)cc1OC. The second-order valence-corrected chi connectivity index (χ2v) is 7.68. The third kappa shape index (κ3) is 4.14. The quantitative estimate of drug-likeness (QED) is 0.576. The summed E-state index contributed by atoms with van der Waals surface area (Å²) in [7, 11) is 3.28. The number of carbonyl (C=O) groups excluding carboxylic acids is 1. The number of nitrogens with zero attached hydrogens (tertiary/aromatic N) is 1. The predicted octanol–water partition coefficient (Wildman–Crippen LogP) is 4.75. The lowest BCUT2D eigenvalue weighted by atomic mass is 10.1. The summed E-state index contributed by atoms with van der Waals surface area (Å²) >= 11 is 0. The molecular weight excluding hydrogens is 388 g/mol. The first-order valence-electron chi connectivity index (χ1n) is 10.5. The summed E-state index contributed by atoms with van der Waals surface area (Å²) in [5.74, 6) is 1.51. The molecular formula is C26H28N2O3. The second kappa shape index (κ2) is 9.23. The minimum absolute atomic E-state index is 0.0420. The van der Waals surface area contributed by atoms with E-state index in [9.17, 15) is 4.79 Å². The Balaban J connectivity index is 1.54. The molecule has 1 aliphatic rings. The van der Waals surface area contributed by atoms with Gasteiger partial charge in [0.15, 0.2) is 11.5 Å². The van der Waals surface area contributed by atoms with Crippen molar-refractivity contribution in [2.24, 2.45) is 0 Å². The molecule has 0 saturated heterocycles. The zero-order chi connectivity index (χ0) is 21.8. The Bertz CT molecular complexity index is 1050. The molecule has 160 valence electrons. The molecule has 0 aromatic heterocycles. The van der Waals surface area contributed by atoms with Gasteiger partial charge in [-0.15, -0.1) is 0 Å². The van der Waals surface area contributed by atoms with Gasteiger partial charge in [-0.05, 0) is 42.7 Å². The molecule has 5 nitrogen and oxygen atoms in total. The van der Waals surface area contributed by atoms with Crippen LogP contribution in [0.3, 0.4) is 0 Å². The van der Waals surface area contributed by atoms with Crippen molar-refractivity contribution in [1.82, 2.24) is 10.2 Å². The number of ether oxygens (including phenoxy) is 2. The molecule has 0 unspecified atom stereocenters. The van der Waals surface area contributed by atoms with Gasteiger partial charge in [0.25, 0.3) is 5.91 Å². The molecule has 1 N–H and O–H groups in total. The van der Waals surface area contributed by atoms with Gasteiger partial charge in [-0.25, -0.2) is 0 Å². The van der Waals surface area contributed by atoms with E-state index in [-0.39, 0.29) is 18.1 Å². The van der Waals surface area contributed by atoms with E-state index < -0.39 is 0 Å². The first kappa shape index (κ1) is 20.9. The fraction of sp³-hybridized carbons (Fsp3) is 0.269. The van der Waals surface area contributed by atoms with Crippen LogP contribution in [0.5, 0.6) is 11.5 Å². The molecule has 0 radical (unpaired) electrons. The average Bonchev–Trinajstić information content (AvgIpc) is 3.10. The molecule has 4 rings (SSSR count).